The van der Waals surface area contributed by atoms with Crippen LogP contribution in [-0.2, 0) is 0 Å². The summed E-state index contributed by atoms with van der Waals surface area (Å²) in [6.07, 6.45) is 17.5. The lowest BCUT2D eigenvalue weighted by atomic mass is 9.64. The maximum Gasteiger partial charge on any atom is 0.120 e. The van der Waals surface area contributed by atoms with Crippen molar-refractivity contribution in [2.24, 2.45) is 5.41 Å². The second-order valence-corrected chi connectivity index (χ2v) is 4.81. The standard InChI is InChI=1S/C15H18N2/c1-3-12-6-5-7-13-14-16-9-11-17(14)10-8-15(12,13)4-2/h5-11,13H,3-4H2,1-2H3. The Labute approximate surface area is 102 Å². The first kappa shape index (κ1) is 10.6. The summed E-state index contributed by atoms with van der Waals surface area (Å²) in [5.41, 5.74) is 1.68. The van der Waals surface area contributed by atoms with Crippen molar-refractivity contribution in [1.29, 1.82) is 0 Å². The van der Waals surface area contributed by atoms with E-state index in [1.807, 2.05) is 12.4 Å². The lowest BCUT2D eigenvalue weighted by Gasteiger charge is -2.42. The van der Waals surface area contributed by atoms with Crippen LogP contribution < -0.4 is 0 Å². The van der Waals surface area contributed by atoms with Crippen molar-refractivity contribution >= 4 is 6.20 Å². The van der Waals surface area contributed by atoms with Crippen LogP contribution in [0.15, 0.2) is 42.3 Å². The number of allylic oxidation sites excluding steroid dienone is 5. The van der Waals surface area contributed by atoms with Gasteiger partial charge in [-0.25, -0.2) is 4.98 Å². The van der Waals surface area contributed by atoms with Gasteiger partial charge in [0.15, 0.2) is 0 Å². The zero-order valence-electron chi connectivity index (χ0n) is 10.4. The molecule has 2 aliphatic rings. The molecule has 0 bridgehead atoms. The molecule has 2 atom stereocenters. The highest BCUT2D eigenvalue weighted by Crippen LogP contribution is 2.51. The van der Waals surface area contributed by atoms with E-state index in [1.165, 1.54) is 11.4 Å². The molecule has 0 radical (unpaired) electrons. The summed E-state index contributed by atoms with van der Waals surface area (Å²) in [5, 5.41) is 0. The number of rotatable bonds is 2. The highest BCUT2D eigenvalue weighted by atomic mass is 15.1. The van der Waals surface area contributed by atoms with Crippen LogP contribution in [0.25, 0.3) is 6.20 Å². The van der Waals surface area contributed by atoms with E-state index >= 15 is 0 Å². The van der Waals surface area contributed by atoms with E-state index in [-0.39, 0.29) is 5.41 Å². The minimum Gasteiger partial charge on any atom is -0.310 e. The van der Waals surface area contributed by atoms with Gasteiger partial charge in [-0.2, -0.15) is 0 Å². The molecule has 0 fully saturated rings. The molecule has 1 aliphatic carbocycles. The molecule has 3 rings (SSSR count). The first-order valence-electron chi connectivity index (χ1n) is 6.41. The third kappa shape index (κ3) is 1.30. The number of hydrogen-bond donors (Lipinski definition) is 0. The molecule has 17 heavy (non-hydrogen) atoms. The van der Waals surface area contributed by atoms with Gasteiger partial charge in [0.05, 0.1) is 0 Å². The lowest BCUT2D eigenvalue weighted by Crippen LogP contribution is -2.33. The summed E-state index contributed by atoms with van der Waals surface area (Å²) in [6, 6.07) is 0. The third-order valence-corrected chi connectivity index (χ3v) is 4.23. The summed E-state index contributed by atoms with van der Waals surface area (Å²) < 4.78 is 2.14. The quantitative estimate of drug-likeness (QED) is 0.751. The van der Waals surface area contributed by atoms with E-state index < -0.39 is 0 Å². The van der Waals surface area contributed by atoms with E-state index in [1.54, 1.807) is 0 Å². The monoisotopic (exact) mass is 226 g/mol. The van der Waals surface area contributed by atoms with Crippen molar-refractivity contribution in [3.63, 3.8) is 0 Å². The Balaban J connectivity index is 2.18. The van der Waals surface area contributed by atoms with Gasteiger partial charge in [-0.05, 0) is 12.8 Å². The van der Waals surface area contributed by atoms with Gasteiger partial charge in [-0.3, -0.25) is 0 Å². The van der Waals surface area contributed by atoms with Gasteiger partial charge in [0.2, 0.25) is 0 Å². The van der Waals surface area contributed by atoms with Crippen LogP contribution in [0.3, 0.4) is 0 Å². The SMILES string of the molecule is CCC1=CC=CC2c3nccn3C=CC12CC. The van der Waals surface area contributed by atoms with E-state index in [0.717, 1.165) is 12.8 Å². The summed E-state index contributed by atoms with van der Waals surface area (Å²) in [4.78, 5) is 4.54. The Morgan fingerprint density at radius 2 is 2.29 bits per heavy atom. The maximum atomic E-state index is 4.54. The molecule has 2 nitrogen and oxygen atoms in total. The molecular formula is C15H18N2. The highest BCUT2D eigenvalue weighted by molar-refractivity contribution is 5.47. The van der Waals surface area contributed by atoms with Gasteiger partial charge in [0, 0.05) is 29.9 Å². The predicted molar refractivity (Wildman–Crippen MR) is 70.5 cm³/mol. The van der Waals surface area contributed by atoms with Crippen LogP contribution in [0.5, 0.6) is 0 Å². The van der Waals surface area contributed by atoms with Crippen molar-refractivity contribution in [3.8, 4) is 0 Å². The normalized spacial score (nSPS) is 29.8. The molecule has 2 unspecified atom stereocenters. The highest BCUT2D eigenvalue weighted by Gasteiger charge is 2.42. The second-order valence-electron chi connectivity index (χ2n) is 4.81. The molecule has 0 N–H and O–H groups in total. The van der Waals surface area contributed by atoms with Gasteiger partial charge in [-0.1, -0.05) is 43.7 Å². The third-order valence-electron chi connectivity index (χ3n) is 4.23. The molecule has 0 saturated heterocycles. The van der Waals surface area contributed by atoms with Gasteiger partial charge in [0.25, 0.3) is 0 Å². The minimum atomic E-state index is 0.158. The molecular weight excluding hydrogens is 208 g/mol. The molecule has 0 aromatic carbocycles. The van der Waals surface area contributed by atoms with Gasteiger partial charge >= 0.3 is 0 Å². The topological polar surface area (TPSA) is 17.8 Å². The average Bonchev–Trinajstić information content (AvgIpc) is 2.85. The van der Waals surface area contributed by atoms with Crippen molar-refractivity contribution in [2.75, 3.05) is 0 Å². The van der Waals surface area contributed by atoms with E-state index in [0.29, 0.717) is 5.92 Å². The maximum absolute atomic E-state index is 4.54. The van der Waals surface area contributed by atoms with Crippen LogP contribution >= 0.6 is 0 Å². The Morgan fingerprint density at radius 1 is 1.41 bits per heavy atom. The van der Waals surface area contributed by atoms with Crippen molar-refractivity contribution in [2.45, 2.75) is 32.6 Å². The first-order valence-corrected chi connectivity index (χ1v) is 6.41. The van der Waals surface area contributed by atoms with Gasteiger partial charge < -0.3 is 4.57 Å². The number of aromatic nitrogens is 2. The molecule has 0 amide bonds. The van der Waals surface area contributed by atoms with E-state index in [4.69, 9.17) is 0 Å². The molecule has 88 valence electrons. The van der Waals surface area contributed by atoms with Crippen LogP contribution in [0.1, 0.15) is 38.4 Å². The van der Waals surface area contributed by atoms with Crippen LogP contribution in [-0.4, -0.2) is 9.55 Å². The van der Waals surface area contributed by atoms with Crippen LogP contribution in [0.4, 0.5) is 0 Å². The number of imidazole rings is 1. The van der Waals surface area contributed by atoms with Crippen LogP contribution in [0.2, 0.25) is 0 Å². The Kier molecular flexibility index (Phi) is 2.32. The summed E-state index contributed by atoms with van der Waals surface area (Å²) in [7, 11) is 0. The fraction of sp³-hybridized carbons (Fsp3) is 0.400. The molecule has 2 heterocycles. The fourth-order valence-corrected chi connectivity index (χ4v) is 3.25. The number of hydrogen-bond acceptors (Lipinski definition) is 1. The summed E-state index contributed by atoms with van der Waals surface area (Å²) in [5.74, 6) is 1.57. The Hall–Kier alpha value is -1.57. The average molecular weight is 226 g/mol. The largest absolute Gasteiger partial charge is 0.310 e. The van der Waals surface area contributed by atoms with Crippen molar-refractivity contribution in [1.82, 2.24) is 9.55 Å². The zero-order valence-corrected chi connectivity index (χ0v) is 10.4. The minimum absolute atomic E-state index is 0.158. The lowest BCUT2D eigenvalue weighted by molar-refractivity contribution is 0.361. The smallest absolute Gasteiger partial charge is 0.120 e. The van der Waals surface area contributed by atoms with Gasteiger partial charge in [0.1, 0.15) is 5.82 Å². The molecule has 2 heteroatoms. The zero-order chi connectivity index (χ0) is 11.9. The van der Waals surface area contributed by atoms with Crippen molar-refractivity contribution in [3.05, 3.63) is 48.1 Å². The van der Waals surface area contributed by atoms with Crippen LogP contribution in [0, 0.1) is 5.41 Å². The van der Waals surface area contributed by atoms with E-state index in [9.17, 15) is 0 Å². The molecule has 1 aliphatic heterocycles. The molecule has 0 saturated carbocycles. The van der Waals surface area contributed by atoms with Gasteiger partial charge in [-0.15, -0.1) is 0 Å². The summed E-state index contributed by atoms with van der Waals surface area (Å²) in [6.45, 7) is 4.52. The molecule has 1 aromatic rings. The number of nitrogens with zero attached hydrogens (tertiary/aromatic N) is 2. The Bertz CT molecular complexity index is 519. The molecule has 0 spiro atoms. The molecule has 1 aromatic heterocycles. The second kappa shape index (κ2) is 3.73. The van der Waals surface area contributed by atoms with E-state index in [2.05, 4.69) is 53.9 Å². The summed E-state index contributed by atoms with van der Waals surface area (Å²) >= 11 is 0. The first-order chi connectivity index (χ1) is 8.31. The number of fused-ring (bicyclic) bond motifs is 3. The van der Waals surface area contributed by atoms with Crippen molar-refractivity contribution < 1.29 is 0 Å². The predicted octanol–water partition coefficient (Wildman–Crippen LogP) is 3.75. The Morgan fingerprint density at radius 3 is 3.06 bits per heavy atom. The fourth-order valence-electron chi connectivity index (χ4n) is 3.25.